The van der Waals surface area contributed by atoms with Gasteiger partial charge in [0.25, 0.3) is 5.91 Å². The van der Waals surface area contributed by atoms with Crippen LogP contribution in [-0.2, 0) is 0 Å². The van der Waals surface area contributed by atoms with Crippen molar-refractivity contribution in [1.29, 1.82) is 0 Å². The maximum absolute atomic E-state index is 11.8. The highest BCUT2D eigenvalue weighted by molar-refractivity contribution is 9.10. The molecule has 1 saturated heterocycles. The lowest BCUT2D eigenvalue weighted by molar-refractivity contribution is 0.0946. The molecule has 0 saturated carbocycles. The number of nitrogens with one attached hydrogen (secondary N) is 2. The Balaban J connectivity index is 0.00000162. The summed E-state index contributed by atoms with van der Waals surface area (Å²) >= 11 is 3.32. The number of halogens is 2. The largest absolute Gasteiger partial charge is 0.351 e. The van der Waals surface area contributed by atoms with Crippen molar-refractivity contribution in [1.82, 2.24) is 15.6 Å². The monoisotopic (exact) mass is 333 g/mol. The fourth-order valence-corrected chi connectivity index (χ4v) is 2.43. The van der Waals surface area contributed by atoms with Crippen LogP contribution in [0.3, 0.4) is 0 Å². The summed E-state index contributed by atoms with van der Waals surface area (Å²) in [6.07, 6.45) is 5.06. The zero-order chi connectivity index (χ0) is 12.1. The molecule has 1 amide bonds. The first-order valence-corrected chi connectivity index (χ1v) is 6.69. The molecule has 4 nitrogen and oxygen atoms in total. The molecule has 100 valence electrons. The molecule has 18 heavy (non-hydrogen) atoms. The predicted octanol–water partition coefficient (Wildman–Crippen LogP) is 2.14. The van der Waals surface area contributed by atoms with Gasteiger partial charge in [0.2, 0.25) is 0 Å². The Kier molecular flexibility index (Phi) is 6.60. The number of rotatable bonds is 4. The highest BCUT2D eigenvalue weighted by Crippen LogP contribution is 2.13. The Morgan fingerprint density at radius 2 is 2.44 bits per heavy atom. The molecule has 0 aliphatic carbocycles. The lowest BCUT2D eigenvalue weighted by Crippen LogP contribution is -2.31. The lowest BCUT2D eigenvalue weighted by Gasteiger charge is -2.10. The maximum Gasteiger partial charge on any atom is 0.271 e. The molecular weight excluding hydrogens is 318 g/mol. The predicted molar refractivity (Wildman–Crippen MR) is 77.2 cm³/mol. The minimum Gasteiger partial charge on any atom is -0.351 e. The molecule has 1 aromatic heterocycles. The van der Waals surface area contributed by atoms with Gasteiger partial charge in [-0.25, -0.2) is 4.98 Å². The molecule has 0 unspecified atom stereocenters. The van der Waals surface area contributed by atoms with Crippen molar-refractivity contribution in [2.45, 2.75) is 25.3 Å². The minimum absolute atomic E-state index is 0. The molecule has 1 aliphatic rings. The van der Waals surface area contributed by atoms with Gasteiger partial charge in [-0.2, -0.15) is 0 Å². The van der Waals surface area contributed by atoms with Crippen LogP contribution < -0.4 is 10.6 Å². The van der Waals surface area contributed by atoms with E-state index in [1.165, 1.54) is 12.8 Å². The summed E-state index contributed by atoms with van der Waals surface area (Å²) in [6.45, 7) is 1.80. The molecule has 1 fully saturated rings. The van der Waals surface area contributed by atoms with Crippen molar-refractivity contribution in [3.8, 4) is 0 Å². The summed E-state index contributed by atoms with van der Waals surface area (Å²) < 4.78 is 0.733. The van der Waals surface area contributed by atoms with Gasteiger partial charge in [0.05, 0.1) is 0 Å². The number of hydrogen-bond acceptors (Lipinski definition) is 3. The van der Waals surface area contributed by atoms with E-state index in [1.54, 1.807) is 12.3 Å². The number of hydrogen-bond donors (Lipinski definition) is 2. The molecule has 1 aliphatic heterocycles. The first-order valence-electron chi connectivity index (χ1n) is 5.89. The SMILES string of the molecule is Cl.O=C(NCC[C@H]1CCCN1)c1ncccc1Br. The Hall–Kier alpha value is -0.650. The summed E-state index contributed by atoms with van der Waals surface area (Å²) in [5.41, 5.74) is 0.451. The summed E-state index contributed by atoms with van der Waals surface area (Å²) in [5.74, 6) is -0.115. The number of amides is 1. The second kappa shape index (κ2) is 7.71. The molecule has 2 N–H and O–H groups in total. The van der Waals surface area contributed by atoms with Crippen LogP contribution in [0, 0.1) is 0 Å². The van der Waals surface area contributed by atoms with E-state index in [-0.39, 0.29) is 18.3 Å². The van der Waals surface area contributed by atoms with Crippen LogP contribution in [0.4, 0.5) is 0 Å². The average Bonchev–Trinajstić information content (AvgIpc) is 2.82. The Morgan fingerprint density at radius 1 is 1.61 bits per heavy atom. The Morgan fingerprint density at radius 3 is 3.11 bits per heavy atom. The van der Waals surface area contributed by atoms with Crippen LogP contribution in [0.2, 0.25) is 0 Å². The van der Waals surface area contributed by atoms with Gasteiger partial charge < -0.3 is 10.6 Å². The van der Waals surface area contributed by atoms with Crippen molar-refractivity contribution in [2.75, 3.05) is 13.1 Å². The molecule has 0 radical (unpaired) electrons. The van der Waals surface area contributed by atoms with E-state index in [0.29, 0.717) is 18.3 Å². The number of aromatic nitrogens is 1. The Labute approximate surface area is 121 Å². The molecule has 0 spiro atoms. The quantitative estimate of drug-likeness (QED) is 0.887. The zero-order valence-corrected chi connectivity index (χ0v) is 12.4. The van der Waals surface area contributed by atoms with E-state index in [4.69, 9.17) is 0 Å². The molecule has 1 aromatic rings. The van der Waals surface area contributed by atoms with Gasteiger partial charge in [-0.3, -0.25) is 4.79 Å². The number of nitrogens with zero attached hydrogens (tertiary/aromatic N) is 1. The zero-order valence-electron chi connectivity index (χ0n) is 9.99. The second-order valence-corrected chi connectivity index (χ2v) is 5.03. The van der Waals surface area contributed by atoms with E-state index < -0.39 is 0 Å². The number of pyridine rings is 1. The van der Waals surface area contributed by atoms with Crippen LogP contribution in [0.15, 0.2) is 22.8 Å². The maximum atomic E-state index is 11.8. The fourth-order valence-electron chi connectivity index (χ4n) is 2.00. The van der Waals surface area contributed by atoms with Gasteiger partial charge in [0.15, 0.2) is 0 Å². The molecular formula is C12H17BrClN3O. The van der Waals surface area contributed by atoms with Crippen molar-refractivity contribution in [3.63, 3.8) is 0 Å². The van der Waals surface area contributed by atoms with Crippen LogP contribution >= 0.6 is 28.3 Å². The Bertz CT molecular complexity index is 397. The minimum atomic E-state index is -0.115. The first-order chi connectivity index (χ1) is 8.27. The van der Waals surface area contributed by atoms with Crippen molar-refractivity contribution >= 4 is 34.2 Å². The summed E-state index contributed by atoms with van der Waals surface area (Å²) in [6, 6.07) is 4.17. The van der Waals surface area contributed by atoms with Gasteiger partial charge in [0.1, 0.15) is 5.69 Å². The van der Waals surface area contributed by atoms with E-state index in [0.717, 1.165) is 17.4 Å². The van der Waals surface area contributed by atoms with Gasteiger partial charge in [-0.05, 0) is 53.9 Å². The molecule has 0 aromatic carbocycles. The standard InChI is InChI=1S/C12H16BrN3O.ClH/c13-10-4-2-7-15-11(10)12(17)16-8-5-9-3-1-6-14-9;/h2,4,7,9,14H,1,3,5-6,8H2,(H,16,17);1H/t9-;/m1./s1. The van der Waals surface area contributed by atoms with Crippen molar-refractivity contribution in [2.24, 2.45) is 0 Å². The summed E-state index contributed by atoms with van der Waals surface area (Å²) in [7, 11) is 0. The van der Waals surface area contributed by atoms with Gasteiger partial charge >= 0.3 is 0 Å². The van der Waals surface area contributed by atoms with Gasteiger partial charge in [-0.15, -0.1) is 12.4 Å². The van der Waals surface area contributed by atoms with E-state index in [1.807, 2.05) is 6.07 Å². The average molecular weight is 335 g/mol. The molecule has 1 atom stereocenters. The third kappa shape index (κ3) is 4.23. The summed E-state index contributed by atoms with van der Waals surface area (Å²) in [4.78, 5) is 15.9. The van der Waals surface area contributed by atoms with Gasteiger partial charge in [-0.1, -0.05) is 0 Å². The van der Waals surface area contributed by atoms with E-state index in [2.05, 4.69) is 31.5 Å². The third-order valence-corrected chi connectivity index (χ3v) is 3.55. The highest BCUT2D eigenvalue weighted by atomic mass is 79.9. The fraction of sp³-hybridized carbons (Fsp3) is 0.500. The lowest BCUT2D eigenvalue weighted by atomic mass is 10.1. The highest BCUT2D eigenvalue weighted by Gasteiger charge is 2.15. The van der Waals surface area contributed by atoms with Gasteiger partial charge in [0, 0.05) is 23.3 Å². The number of carbonyl (C=O) groups excluding carboxylic acids is 1. The second-order valence-electron chi connectivity index (χ2n) is 4.17. The molecule has 0 bridgehead atoms. The smallest absolute Gasteiger partial charge is 0.271 e. The van der Waals surface area contributed by atoms with Crippen LogP contribution in [0.25, 0.3) is 0 Å². The van der Waals surface area contributed by atoms with Crippen molar-refractivity contribution in [3.05, 3.63) is 28.5 Å². The molecule has 2 heterocycles. The van der Waals surface area contributed by atoms with Crippen LogP contribution in [0.1, 0.15) is 29.8 Å². The van der Waals surface area contributed by atoms with Crippen LogP contribution in [0.5, 0.6) is 0 Å². The van der Waals surface area contributed by atoms with E-state index in [9.17, 15) is 4.79 Å². The molecule has 2 rings (SSSR count). The van der Waals surface area contributed by atoms with Crippen molar-refractivity contribution < 1.29 is 4.79 Å². The normalized spacial score (nSPS) is 18.2. The third-order valence-electron chi connectivity index (χ3n) is 2.91. The van der Waals surface area contributed by atoms with Crippen LogP contribution in [-0.4, -0.2) is 30.0 Å². The first kappa shape index (κ1) is 15.4. The van der Waals surface area contributed by atoms with E-state index >= 15 is 0 Å². The topological polar surface area (TPSA) is 54.0 Å². The molecule has 6 heteroatoms. The number of carbonyl (C=O) groups is 1. The summed E-state index contributed by atoms with van der Waals surface area (Å²) in [5, 5.41) is 6.30.